The van der Waals surface area contributed by atoms with Crippen LogP contribution in [0, 0.1) is 20.8 Å². The van der Waals surface area contributed by atoms with Crippen LogP contribution in [0.2, 0.25) is 0 Å². The van der Waals surface area contributed by atoms with Crippen LogP contribution in [0.1, 0.15) is 82.3 Å². The number of allylic oxidation sites excluding steroid dienone is 1. The predicted molar refractivity (Wildman–Crippen MR) is 164 cm³/mol. The number of carboxylic acids is 2. The van der Waals surface area contributed by atoms with Crippen LogP contribution >= 0.6 is 0 Å². The first-order chi connectivity index (χ1) is 20.0. The van der Waals surface area contributed by atoms with Gasteiger partial charge in [-0.2, -0.15) is 5.69 Å². The molecule has 2 aliphatic heterocycles. The molecule has 3 aromatic heterocycles. The number of aliphatic carboxylic acids is 2. The van der Waals surface area contributed by atoms with E-state index in [1.54, 1.807) is 6.08 Å². The second-order valence-corrected chi connectivity index (χ2v) is 10.9. The van der Waals surface area contributed by atoms with Gasteiger partial charge in [-0.05, 0) is 51.7 Å². The van der Waals surface area contributed by atoms with Gasteiger partial charge in [0.05, 0.1) is 0 Å². The molecule has 0 saturated carbocycles. The van der Waals surface area contributed by atoms with Crippen molar-refractivity contribution in [1.29, 1.82) is 0 Å². The molecule has 0 aliphatic carbocycles. The number of nitrogens with zero attached hydrogens (tertiary/aromatic N) is 4. The Morgan fingerprint density at radius 2 is 1.44 bits per heavy atom. The second-order valence-electron chi connectivity index (χ2n) is 10.9. The van der Waals surface area contributed by atoms with E-state index in [9.17, 15) is 19.8 Å². The summed E-state index contributed by atoms with van der Waals surface area (Å²) in [7, 11) is 0. The summed E-state index contributed by atoms with van der Waals surface area (Å²) >= 11 is 0. The molecule has 3 aromatic rings. The van der Waals surface area contributed by atoms with Gasteiger partial charge in [0.1, 0.15) is 0 Å². The van der Waals surface area contributed by atoms with Crippen molar-refractivity contribution in [3.8, 4) is 0 Å². The average molecular weight is 619 g/mol. The molecular weight excluding hydrogens is 584 g/mol. The monoisotopic (exact) mass is 618 g/mol. The Bertz CT molecular complexity index is 1830. The molecule has 5 rings (SSSR count). The Morgan fingerprint density at radius 1 is 0.814 bits per heavy atom. The Kier molecular flexibility index (Phi) is 9.28. The smallest absolute Gasteiger partial charge is 0.678 e. The van der Waals surface area contributed by atoms with Crippen molar-refractivity contribution in [3.05, 3.63) is 102 Å². The molecule has 222 valence electrons. The SMILES string of the molecule is C=Cc1c2[n-]c(c1C)/C=c1\[n-]/c(c(C)c1C=C)=C\c1[n-]c(c(CCC(=O)O)c1C)/C=C1\[N-][C@@H](C2)C(C)=C1CCC(=O)O.[Fe+4]. The Balaban J connectivity index is 0.00000423. The van der Waals surface area contributed by atoms with Crippen LogP contribution in [-0.2, 0) is 39.5 Å². The Morgan fingerprint density at radius 3 is 2.09 bits per heavy atom. The largest absolute Gasteiger partial charge is 4.00 e. The molecule has 1 atom stereocenters. The summed E-state index contributed by atoms with van der Waals surface area (Å²) in [5.41, 5.74) is 11.2. The van der Waals surface area contributed by atoms with Gasteiger partial charge in [-0.25, -0.2) is 0 Å². The maximum absolute atomic E-state index is 11.5. The molecule has 0 aromatic carbocycles. The van der Waals surface area contributed by atoms with Gasteiger partial charge >= 0.3 is 29.0 Å². The summed E-state index contributed by atoms with van der Waals surface area (Å²) in [6.45, 7) is 16.0. The number of carbonyl (C=O) groups is 2. The fourth-order valence-electron chi connectivity index (χ4n) is 5.96. The molecule has 0 spiro atoms. The number of hydrogen-bond donors (Lipinski definition) is 2. The number of carboxylic acid groups (broad SMARTS) is 2. The summed E-state index contributed by atoms with van der Waals surface area (Å²) in [4.78, 5) is 37.9. The molecule has 9 heteroatoms. The molecule has 2 aliphatic rings. The third-order valence-corrected chi connectivity index (χ3v) is 8.42. The third-order valence-electron chi connectivity index (χ3n) is 8.42. The van der Waals surface area contributed by atoms with Crippen LogP contribution < -0.4 is 25.7 Å². The Hall–Kier alpha value is -4.20. The van der Waals surface area contributed by atoms with Crippen molar-refractivity contribution in [1.82, 2.24) is 15.0 Å². The van der Waals surface area contributed by atoms with E-state index in [0.717, 1.165) is 66.6 Å². The van der Waals surface area contributed by atoms with Crippen molar-refractivity contribution in [2.24, 2.45) is 0 Å². The van der Waals surface area contributed by atoms with Crippen LogP contribution in [0.4, 0.5) is 0 Å². The third kappa shape index (κ3) is 6.01. The van der Waals surface area contributed by atoms with E-state index in [1.165, 1.54) is 0 Å². The zero-order valence-electron chi connectivity index (χ0n) is 24.8. The minimum Gasteiger partial charge on any atom is -0.678 e. The average Bonchev–Trinajstić information content (AvgIpc) is 3.59. The van der Waals surface area contributed by atoms with Crippen molar-refractivity contribution < 1.29 is 36.9 Å². The maximum atomic E-state index is 11.5. The van der Waals surface area contributed by atoms with Gasteiger partial charge in [0.2, 0.25) is 0 Å². The minimum atomic E-state index is -0.888. The predicted octanol–water partition coefficient (Wildman–Crippen LogP) is 4.28. The fraction of sp³-hybridized carbons (Fsp3) is 0.294. The molecular formula is C34H34FeN4O4. The molecule has 8 bridgehead atoms. The van der Waals surface area contributed by atoms with E-state index in [1.807, 2.05) is 52.0 Å². The number of aromatic nitrogens is 3. The van der Waals surface area contributed by atoms with Crippen molar-refractivity contribution in [2.45, 2.75) is 65.8 Å². The van der Waals surface area contributed by atoms with Crippen molar-refractivity contribution in [3.63, 3.8) is 0 Å². The number of hydrogen-bond acceptors (Lipinski definition) is 2. The summed E-state index contributed by atoms with van der Waals surface area (Å²) < 4.78 is 0. The normalized spacial score (nSPS) is 18.3. The van der Waals surface area contributed by atoms with E-state index in [-0.39, 0.29) is 36.0 Å². The van der Waals surface area contributed by atoms with E-state index < -0.39 is 11.9 Å². The molecule has 0 saturated heterocycles. The van der Waals surface area contributed by atoms with Gasteiger partial charge in [-0.15, -0.1) is 33.5 Å². The first-order valence-corrected chi connectivity index (χ1v) is 14.0. The fourth-order valence-corrected chi connectivity index (χ4v) is 5.96. The van der Waals surface area contributed by atoms with Gasteiger partial charge in [-0.1, -0.05) is 89.4 Å². The molecule has 0 fully saturated rings. The molecule has 2 N–H and O–H groups in total. The van der Waals surface area contributed by atoms with E-state index in [2.05, 4.69) is 13.2 Å². The second kappa shape index (κ2) is 12.6. The van der Waals surface area contributed by atoms with Gasteiger partial charge in [0.25, 0.3) is 0 Å². The summed E-state index contributed by atoms with van der Waals surface area (Å²) in [6.07, 6.45) is 10.5. The number of fused-ring (bicyclic) bond motifs is 8. The van der Waals surface area contributed by atoms with Crippen LogP contribution in [0.25, 0.3) is 35.7 Å². The Labute approximate surface area is 261 Å². The van der Waals surface area contributed by atoms with Crippen LogP contribution in [0.15, 0.2) is 30.0 Å². The molecule has 43 heavy (non-hydrogen) atoms. The molecule has 8 nitrogen and oxygen atoms in total. The minimum absolute atomic E-state index is 0. The van der Waals surface area contributed by atoms with Crippen LogP contribution in [0.3, 0.4) is 0 Å². The first kappa shape index (κ1) is 31.7. The summed E-state index contributed by atoms with van der Waals surface area (Å²) in [5.74, 6) is -1.77. The van der Waals surface area contributed by atoms with Gasteiger partial charge in [0, 0.05) is 12.8 Å². The van der Waals surface area contributed by atoms with Crippen molar-refractivity contribution in [2.75, 3.05) is 0 Å². The number of rotatable bonds is 8. The topological polar surface area (TPSA) is 131 Å². The summed E-state index contributed by atoms with van der Waals surface area (Å²) in [6, 6.07) is -0.229. The van der Waals surface area contributed by atoms with Crippen molar-refractivity contribution >= 4 is 42.3 Å². The van der Waals surface area contributed by atoms with Crippen LogP contribution in [0.5, 0.6) is 0 Å². The van der Waals surface area contributed by atoms with Crippen LogP contribution in [-0.4, -0.2) is 28.2 Å². The standard InChI is InChI=1S/C34H34N4O4.Fe/c1-7-21-17(3)25-13-26-19(5)23(9-11-33(39)40)31(37-26)16-32-24(10-12-34(41)42)20(6)28(38-32)15-30-22(8-2)18(4)27(36-30)14-29(21)35-25;/h7-8,13-14,16,28H,1-2,9-12,15H2,3-6H3,(H,39,40)(H,41,42);/q-4;+4/b25-13-,29-14-,32-16-;/t28-;/m0./s1. The van der Waals surface area contributed by atoms with Gasteiger partial charge in [-0.3, -0.25) is 9.59 Å². The van der Waals surface area contributed by atoms with Gasteiger partial charge in [0.15, 0.2) is 0 Å². The van der Waals surface area contributed by atoms with Gasteiger partial charge < -0.3 is 30.5 Å². The molecule has 0 amide bonds. The quantitative estimate of drug-likeness (QED) is 0.361. The van der Waals surface area contributed by atoms with E-state index in [4.69, 9.17) is 20.3 Å². The maximum Gasteiger partial charge on any atom is 4.00 e. The van der Waals surface area contributed by atoms with E-state index in [0.29, 0.717) is 36.3 Å². The molecule has 0 unspecified atom stereocenters. The zero-order valence-corrected chi connectivity index (χ0v) is 25.9. The molecule has 5 heterocycles. The summed E-state index contributed by atoms with van der Waals surface area (Å²) in [5, 5.41) is 25.5. The molecule has 0 radical (unpaired) electrons. The zero-order chi connectivity index (χ0) is 30.3. The van der Waals surface area contributed by atoms with E-state index >= 15 is 0 Å². The first-order valence-electron chi connectivity index (χ1n) is 14.0.